The number of benzene rings is 1. The van der Waals surface area contributed by atoms with Crippen molar-refractivity contribution in [1.82, 2.24) is 5.43 Å². The molecule has 1 fully saturated rings. The Morgan fingerprint density at radius 1 is 1.28 bits per heavy atom. The summed E-state index contributed by atoms with van der Waals surface area (Å²) in [5.74, 6) is 6.55. The first kappa shape index (κ1) is 13.6. The zero-order valence-electron chi connectivity index (χ0n) is 11.9. The molecule has 0 aliphatic heterocycles. The van der Waals surface area contributed by atoms with Gasteiger partial charge in [-0.15, -0.1) is 0 Å². The maximum absolute atomic E-state index is 5.79. The van der Waals surface area contributed by atoms with Crippen molar-refractivity contribution in [3.05, 3.63) is 35.4 Å². The predicted molar refractivity (Wildman–Crippen MR) is 77.2 cm³/mol. The van der Waals surface area contributed by atoms with Crippen molar-refractivity contribution >= 4 is 0 Å². The Hall–Kier alpha value is -0.860. The van der Waals surface area contributed by atoms with E-state index < -0.39 is 0 Å². The molecule has 0 aromatic heterocycles. The molecule has 0 radical (unpaired) electrons. The minimum Gasteiger partial charge on any atom is -0.271 e. The van der Waals surface area contributed by atoms with Crippen LogP contribution in [0.3, 0.4) is 0 Å². The Morgan fingerprint density at radius 3 is 2.44 bits per heavy atom. The van der Waals surface area contributed by atoms with Gasteiger partial charge in [0.05, 0.1) is 0 Å². The van der Waals surface area contributed by atoms with E-state index in [0.29, 0.717) is 0 Å². The molecule has 100 valence electrons. The number of nitrogens with one attached hydrogen (secondary N) is 1. The summed E-state index contributed by atoms with van der Waals surface area (Å²) in [4.78, 5) is 0. The maximum Gasteiger partial charge on any atom is 0.0467 e. The third-order valence-corrected chi connectivity index (χ3v) is 3.93. The predicted octanol–water partition coefficient (Wildman–Crippen LogP) is 3.89. The van der Waals surface area contributed by atoms with Crippen molar-refractivity contribution in [3.63, 3.8) is 0 Å². The third-order valence-electron chi connectivity index (χ3n) is 3.93. The van der Waals surface area contributed by atoms with Gasteiger partial charge in [0.2, 0.25) is 0 Å². The molecule has 2 nitrogen and oxygen atoms in total. The van der Waals surface area contributed by atoms with Crippen molar-refractivity contribution in [2.45, 2.75) is 58.4 Å². The van der Waals surface area contributed by atoms with Crippen LogP contribution in [-0.2, 0) is 0 Å². The van der Waals surface area contributed by atoms with Gasteiger partial charge in [0, 0.05) is 6.04 Å². The summed E-state index contributed by atoms with van der Waals surface area (Å²) in [5.41, 5.74) is 6.21. The molecule has 3 N–H and O–H groups in total. The summed E-state index contributed by atoms with van der Waals surface area (Å²) in [5, 5.41) is 0. The van der Waals surface area contributed by atoms with Crippen LogP contribution in [0.5, 0.6) is 0 Å². The van der Waals surface area contributed by atoms with Gasteiger partial charge in [0.25, 0.3) is 0 Å². The standard InChI is InChI=1S/C16H26N2/c1-16(2,3)11-15(18-17)14-10-5-4-9-13(14)12-7-6-8-12/h4-5,9-10,12,15,18H,6-8,11,17H2,1-3H3. The largest absolute Gasteiger partial charge is 0.271 e. The van der Waals surface area contributed by atoms with Crippen LogP contribution in [0, 0.1) is 5.41 Å². The fourth-order valence-corrected chi connectivity index (χ4v) is 2.79. The molecule has 0 saturated heterocycles. The second-order valence-electron chi connectivity index (χ2n) is 6.74. The Bertz CT molecular complexity index is 388. The number of hydrogen-bond donors (Lipinski definition) is 2. The molecule has 1 saturated carbocycles. The Kier molecular flexibility index (Phi) is 4.08. The van der Waals surface area contributed by atoms with Gasteiger partial charge < -0.3 is 0 Å². The molecule has 1 aliphatic carbocycles. The first-order valence-corrected chi connectivity index (χ1v) is 7.06. The highest BCUT2D eigenvalue weighted by molar-refractivity contribution is 5.34. The Morgan fingerprint density at radius 2 is 1.94 bits per heavy atom. The summed E-state index contributed by atoms with van der Waals surface area (Å²) < 4.78 is 0. The summed E-state index contributed by atoms with van der Waals surface area (Å²) in [6.07, 6.45) is 5.11. The van der Waals surface area contributed by atoms with Gasteiger partial charge in [-0.3, -0.25) is 11.3 Å². The summed E-state index contributed by atoms with van der Waals surface area (Å²) >= 11 is 0. The van der Waals surface area contributed by atoms with E-state index in [9.17, 15) is 0 Å². The van der Waals surface area contributed by atoms with Gasteiger partial charge in [-0.05, 0) is 41.7 Å². The van der Waals surface area contributed by atoms with E-state index in [1.54, 1.807) is 0 Å². The molecule has 0 amide bonds. The molecule has 18 heavy (non-hydrogen) atoms. The third kappa shape index (κ3) is 3.12. The van der Waals surface area contributed by atoms with Crippen molar-refractivity contribution in [2.24, 2.45) is 11.3 Å². The molecule has 1 aliphatic rings. The van der Waals surface area contributed by atoms with E-state index in [2.05, 4.69) is 50.5 Å². The second-order valence-corrected chi connectivity index (χ2v) is 6.74. The number of nitrogens with two attached hydrogens (primary N) is 1. The van der Waals surface area contributed by atoms with Gasteiger partial charge in [0.1, 0.15) is 0 Å². The molecular formula is C16H26N2. The van der Waals surface area contributed by atoms with E-state index in [1.165, 1.54) is 30.4 Å². The molecule has 1 aromatic carbocycles. The van der Waals surface area contributed by atoms with Crippen LogP contribution >= 0.6 is 0 Å². The maximum atomic E-state index is 5.79. The van der Waals surface area contributed by atoms with Crippen LogP contribution in [0.4, 0.5) is 0 Å². The number of rotatable bonds is 4. The lowest BCUT2D eigenvalue weighted by Gasteiger charge is -2.32. The zero-order valence-corrected chi connectivity index (χ0v) is 11.9. The molecular weight excluding hydrogens is 220 g/mol. The lowest BCUT2D eigenvalue weighted by Crippen LogP contribution is -2.32. The lowest BCUT2D eigenvalue weighted by molar-refractivity contribution is 0.309. The Labute approximate surface area is 111 Å². The highest BCUT2D eigenvalue weighted by atomic mass is 15.2. The molecule has 0 heterocycles. The Balaban J connectivity index is 2.24. The minimum absolute atomic E-state index is 0.266. The molecule has 2 heteroatoms. The minimum atomic E-state index is 0.266. The van der Waals surface area contributed by atoms with Gasteiger partial charge in [-0.25, -0.2) is 0 Å². The van der Waals surface area contributed by atoms with Gasteiger partial charge in [-0.1, -0.05) is 51.5 Å². The normalized spacial score (nSPS) is 18.4. The first-order chi connectivity index (χ1) is 8.51. The van der Waals surface area contributed by atoms with Crippen LogP contribution in [-0.4, -0.2) is 0 Å². The quantitative estimate of drug-likeness (QED) is 0.624. The summed E-state index contributed by atoms with van der Waals surface area (Å²) in [7, 11) is 0. The molecule has 2 rings (SSSR count). The van der Waals surface area contributed by atoms with Crippen LogP contribution in [0.1, 0.15) is 69.5 Å². The highest BCUT2D eigenvalue weighted by Crippen LogP contribution is 2.41. The van der Waals surface area contributed by atoms with Gasteiger partial charge in [-0.2, -0.15) is 0 Å². The van der Waals surface area contributed by atoms with Crippen molar-refractivity contribution in [2.75, 3.05) is 0 Å². The molecule has 1 unspecified atom stereocenters. The molecule has 0 bridgehead atoms. The smallest absolute Gasteiger partial charge is 0.0467 e. The van der Waals surface area contributed by atoms with Crippen molar-refractivity contribution < 1.29 is 0 Å². The van der Waals surface area contributed by atoms with Crippen LogP contribution in [0.2, 0.25) is 0 Å². The highest BCUT2D eigenvalue weighted by Gasteiger charge is 2.26. The van der Waals surface area contributed by atoms with E-state index >= 15 is 0 Å². The van der Waals surface area contributed by atoms with Gasteiger partial charge >= 0.3 is 0 Å². The fraction of sp³-hybridized carbons (Fsp3) is 0.625. The molecule has 1 aromatic rings. The summed E-state index contributed by atoms with van der Waals surface area (Å²) in [6.45, 7) is 6.80. The topological polar surface area (TPSA) is 38.0 Å². The van der Waals surface area contributed by atoms with Gasteiger partial charge in [0.15, 0.2) is 0 Å². The SMILES string of the molecule is CC(C)(C)CC(NN)c1ccccc1C1CCC1. The fourth-order valence-electron chi connectivity index (χ4n) is 2.79. The summed E-state index contributed by atoms with van der Waals surface area (Å²) in [6, 6.07) is 9.07. The number of hydrogen-bond acceptors (Lipinski definition) is 2. The van der Waals surface area contributed by atoms with E-state index in [-0.39, 0.29) is 11.5 Å². The molecule has 1 atom stereocenters. The van der Waals surface area contributed by atoms with Crippen molar-refractivity contribution in [1.29, 1.82) is 0 Å². The van der Waals surface area contributed by atoms with E-state index in [0.717, 1.165) is 12.3 Å². The van der Waals surface area contributed by atoms with Crippen LogP contribution in [0.15, 0.2) is 24.3 Å². The monoisotopic (exact) mass is 246 g/mol. The second kappa shape index (κ2) is 5.41. The number of hydrazine groups is 1. The van der Waals surface area contributed by atoms with E-state index in [4.69, 9.17) is 5.84 Å². The first-order valence-electron chi connectivity index (χ1n) is 7.06. The lowest BCUT2D eigenvalue weighted by atomic mass is 9.75. The average Bonchev–Trinajstić information content (AvgIpc) is 2.23. The molecule has 0 spiro atoms. The van der Waals surface area contributed by atoms with Crippen LogP contribution < -0.4 is 11.3 Å². The van der Waals surface area contributed by atoms with E-state index in [1.807, 2.05) is 0 Å². The average molecular weight is 246 g/mol. The zero-order chi connectivity index (χ0) is 13.2. The van der Waals surface area contributed by atoms with Crippen LogP contribution in [0.25, 0.3) is 0 Å². The van der Waals surface area contributed by atoms with Crippen molar-refractivity contribution in [3.8, 4) is 0 Å².